The third-order valence-electron chi connectivity index (χ3n) is 5.61. The van der Waals surface area contributed by atoms with E-state index >= 15 is 0 Å². The first-order valence-corrected chi connectivity index (χ1v) is 11.8. The average Bonchev–Trinajstić information content (AvgIpc) is 2.77. The number of hydrogen-bond donors (Lipinski definition) is 1. The number of carbonyl (C=O) groups excluding carboxylic acids is 1. The highest BCUT2D eigenvalue weighted by Gasteiger charge is 2.38. The third kappa shape index (κ3) is 6.07. The minimum atomic E-state index is -5.06. The molecule has 1 aliphatic rings. The molecule has 13 heteroatoms. The minimum absolute atomic E-state index is 0.0236. The van der Waals surface area contributed by atoms with Crippen LogP contribution >= 0.6 is 0 Å². The lowest BCUT2D eigenvalue weighted by molar-refractivity contribution is -0.143. The Labute approximate surface area is 197 Å². The van der Waals surface area contributed by atoms with Crippen molar-refractivity contribution in [2.24, 2.45) is 5.92 Å². The number of hydrogen-bond acceptors (Lipinski definition) is 4. The number of piperidine rings is 1. The van der Waals surface area contributed by atoms with Crippen LogP contribution in [0.25, 0.3) is 0 Å². The molecule has 0 bridgehead atoms. The van der Waals surface area contributed by atoms with Crippen LogP contribution in [0.3, 0.4) is 0 Å². The van der Waals surface area contributed by atoms with Crippen LogP contribution in [0.2, 0.25) is 0 Å². The van der Waals surface area contributed by atoms with Crippen LogP contribution in [0.1, 0.15) is 29.5 Å². The van der Waals surface area contributed by atoms with Gasteiger partial charge in [0.05, 0.1) is 29.1 Å². The molecule has 0 aromatic heterocycles. The lowest BCUT2D eigenvalue weighted by Crippen LogP contribution is -2.43. The number of alkyl halides is 6. The van der Waals surface area contributed by atoms with E-state index in [4.69, 9.17) is 4.74 Å². The van der Waals surface area contributed by atoms with Crippen LogP contribution in [-0.4, -0.2) is 38.8 Å². The van der Waals surface area contributed by atoms with Gasteiger partial charge >= 0.3 is 12.4 Å². The summed E-state index contributed by atoms with van der Waals surface area (Å²) in [6, 6.07) is 5.03. The second kappa shape index (κ2) is 9.69. The second-order valence-electron chi connectivity index (χ2n) is 8.12. The first-order chi connectivity index (χ1) is 16.1. The molecule has 1 amide bonds. The number of benzene rings is 2. The molecule has 1 aliphatic heterocycles. The molecule has 1 saturated heterocycles. The highest BCUT2D eigenvalue weighted by molar-refractivity contribution is 7.89. The van der Waals surface area contributed by atoms with Gasteiger partial charge in [0.2, 0.25) is 15.9 Å². The van der Waals surface area contributed by atoms with Crippen molar-refractivity contribution >= 4 is 21.6 Å². The SMILES string of the molecule is COc1ccc(S(=O)(=O)N2CCC[C@H](C(=O)Nc3cc(C(F)(F)F)cc(C(F)(F)F)c3)C2)cc1C. The number of rotatable bonds is 5. The Kier molecular flexibility index (Phi) is 7.42. The Morgan fingerprint density at radius 1 is 1.03 bits per heavy atom. The molecule has 1 heterocycles. The van der Waals surface area contributed by atoms with E-state index in [0.717, 1.165) is 4.31 Å². The molecule has 0 saturated carbocycles. The maximum Gasteiger partial charge on any atom is 0.416 e. The van der Waals surface area contributed by atoms with Crippen molar-refractivity contribution in [3.8, 4) is 5.75 Å². The van der Waals surface area contributed by atoms with E-state index in [1.165, 1.54) is 25.3 Å². The molecule has 35 heavy (non-hydrogen) atoms. The quantitative estimate of drug-likeness (QED) is 0.554. The Bertz CT molecular complexity index is 1180. The molecule has 3 rings (SSSR count). The summed E-state index contributed by atoms with van der Waals surface area (Å²) in [6.45, 7) is 1.50. The van der Waals surface area contributed by atoms with Gasteiger partial charge < -0.3 is 10.1 Å². The monoisotopic (exact) mass is 524 g/mol. The molecule has 2 aromatic rings. The molecule has 0 aliphatic carbocycles. The van der Waals surface area contributed by atoms with Crippen molar-refractivity contribution < 1.29 is 44.3 Å². The molecule has 0 spiro atoms. The van der Waals surface area contributed by atoms with Gasteiger partial charge in [-0.25, -0.2) is 8.42 Å². The lowest BCUT2D eigenvalue weighted by atomic mass is 9.98. The van der Waals surface area contributed by atoms with Gasteiger partial charge in [-0.05, 0) is 61.7 Å². The van der Waals surface area contributed by atoms with Crippen LogP contribution in [0.15, 0.2) is 41.3 Å². The predicted octanol–water partition coefficient (Wildman–Crippen LogP) is 5.08. The van der Waals surface area contributed by atoms with Gasteiger partial charge in [0.25, 0.3) is 0 Å². The number of nitrogens with zero attached hydrogens (tertiary/aromatic N) is 1. The van der Waals surface area contributed by atoms with Crippen LogP contribution in [0, 0.1) is 12.8 Å². The Balaban J connectivity index is 1.82. The molecular formula is C22H22F6N2O4S. The van der Waals surface area contributed by atoms with Crippen LogP contribution in [-0.2, 0) is 27.2 Å². The number of amides is 1. The maximum absolute atomic E-state index is 13.1. The lowest BCUT2D eigenvalue weighted by Gasteiger charge is -2.31. The van der Waals surface area contributed by atoms with Gasteiger partial charge in [-0.3, -0.25) is 4.79 Å². The highest BCUT2D eigenvalue weighted by atomic mass is 32.2. The zero-order valence-corrected chi connectivity index (χ0v) is 19.4. The van der Waals surface area contributed by atoms with E-state index in [1.807, 2.05) is 0 Å². The van der Waals surface area contributed by atoms with Gasteiger partial charge in [0, 0.05) is 18.8 Å². The van der Waals surface area contributed by atoms with Crippen LogP contribution in [0.4, 0.5) is 32.0 Å². The number of nitrogens with one attached hydrogen (secondary N) is 1. The number of methoxy groups -OCH3 is 1. The summed E-state index contributed by atoms with van der Waals surface area (Å²) in [5.41, 5.74) is -3.23. The third-order valence-corrected chi connectivity index (χ3v) is 7.48. The fourth-order valence-corrected chi connectivity index (χ4v) is 5.42. The topological polar surface area (TPSA) is 75.7 Å². The summed E-state index contributed by atoms with van der Waals surface area (Å²) in [7, 11) is -2.56. The molecule has 0 unspecified atom stereocenters. The summed E-state index contributed by atoms with van der Waals surface area (Å²) >= 11 is 0. The van der Waals surface area contributed by atoms with Crippen molar-refractivity contribution in [1.29, 1.82) is 0 Å². The van der Waals surface area contributed by atoms with Crippen molar-refractivity contribution in [3.05, 3.63) is 53.1 Å². The van der Waals surface area contributed by atoms with Gasteiger partial charge in [-0.15, -0.1) is 0 Å². The van der Waals surface area contributed by atoms with Crippen LogP contribution < -0.4 is 10.1 Å². The first-order valence-electron chi connectivity index (χ1n) is 10.4. The van der Waals surface area contributed by atoms with Crippen LogP contribution in [0.5, 0.6) is 5.75 Å². The summed E-state index contributed by atoms with van der Waals surface area (Å²) < 4.78 is 111. The Hall–Kier alpha value is -2.80. The molecule has 2 aromatic carbocycles. The van der Waals surface area contributed by atoms with E-state index in [2.05, 4.69) is 5.32 Å². The standard InChI is InChI=1S/C22H22F6N2O4S/c1-13-8-18(5-6-19(13)34-2)35(32,33)30-7-3-4-14(12-30)20(31)29-17-10-15(21(23,24)25)9-16(11-17)22(26,27)28/h5-6,8-11,14H,3-4,7,12H2,1-2H3,(H,29,31)/t14-/m0/s1. The summed E-state index contributed by atoms with van der Waals surface area (Å²) in [6.07, 6.45) is -9.63. The van der Waals surface area contributed by atoms with Crippen molar-refractivity contribution in [2.75, 3.05) is 25.5 Å². The normalized spacial score (nSPS) is 17.8. The highest BCUT2D eigenvalue weighted by Crippen LogP contribution is 2.38. The number of carbonyl (C=O) groups is 1. The fourth-order valence-electron chi connectivity index (χ4n) is 3.81. The maximum atomic E-state index is 13.1. The van der Waals surface area contributed by atoms with Crippen molar-refractivity contribution in [2.45, 2.75) is 37.0 Å². The number of sulfonamides is 1. The van der Waals surface area contributed by atoms with Gasteiger partial charge in [0.1, 0.15) is 5.75 Å². The van der Waals surface area contributed by atoms with Gasteiger partial charge in [0.15, 0.2) is 0 Å². The molecule has 1 atom stereocenters. The van der Waals surface area contributed by atoms with Gasteiger partial charge in [-0.1, -0.05) is 0 Å². The summed E-state index contributed by atoms with van der Waals surface area (Å²) in [5.74, 6) is -1.36. The Morgan fingerprint density at radius 2 is 1.63 bits per heavy atom. The average molecular weight is 524 g/mol. The zero-order valence-electron chi connectivity index (χ0n) is 18.6. The molecule has 1 fully saturated rings. The van der Waals surface area contributed by atoms with E-state index < -0.39 is 51.0 Å². The Morgan fingerprint density at radius 3 is 2.14 bits per heavy atom. The smallest absolute Gasteiger partial charge is 0.416 e. The molecule has 192 valence electrons. The van der Waals surface area contributed by atoms with Crippen molar-refractivity contribution in [1.82, 2.24) is 4.31 Å². The summed E-state index contributed by atoms with van der Waals surface area (Å²) in [4.78, 5) is 12.7. The molecule has 1 N–H and O–H groups in total. The zero-order chi connectivity index (χ0) is 26.2. The van der Waals surface area contributed by atoms with Crippen molar-refractivity contribution in [3.63, 3.8) is 0 Å². The van der Waals surface area contributed by atoms with Gasteiger partial charge in [-0.2, -0.15) is 30.6 Å². The molecular weight excluding hydrogens is 502 g/mol. The largest absolute Gasteiger partial charge is 0.496 e. The van der Waals surface area contributed by atoms with E-state index in [0.29, 0.717) is 23.4 Å². The number of ether oxygens (including phenoxy) is 1. The van der Waals surface area contributed by atoms with E-state index in [9.17, 15) is 39.6 Å². The summed E-state index contributed by atoms with van der Waals surface area (Å²) in [5, 5.41) is 2.10. The molecule has 6 nitrogen and oxygen atoms in total. The number of anilines is 1. The predicted molar refractivity (Wildman–Crippen MR) is 114 cm³/mol. The molecule has 0 radical (unpaired) electrons. The second-order valence-corrected chi connectivity index (χ2v) is 10.1. The fraction of sp³-hybridized carbons (Fsp3) is 0.409. The first kappa shape index (κ1) is 26.8. The number of aryl methyl sites for hydroxylation is 1. The van der Waals surface area contributed by atoms with E-state index in [-0.39, 0.29) is 36.9 Å². The van der Waals surface area contributed by atoms with E-state index in [1.54, 1.807) is 6.92 Å². The number of halogens is 6. The minimum Gasteiger partial charge on any atom is -0.496 e.